The Morgan fingerprint density at radius 2 is 1.48 bits per heavy atom. The molecule has 2 aromatic rings. The normalized spacial score (nSPS) is 11.0. The lowest BCUT2D eigenvalue weighted by atomic mass is 10.1. The van der Waals surface area contributed by atoms with Gasteiger partial charge >= 0.3 is 6.18 Å². The van der Waals surface area contributed by atoms with Gasteiger partial charge < -0.3 is 10.6 Å². The molecule has 0 bridgehead atoms. The van der Waals surface area contributed by atoms with Crippen molar-refractivity contribution in [1.29, 1.82) is 0 Å². The number of nitrogens with one attached hydrogen (secondary N) is 2. The zero-order valence-electron chi connectivity index (χ0n) is 13.5. The molecular weight excluding hydrogens is 333 g/mol. The van der Waals surface area contributed by atoms with Crippen LogP contribution in [0.2, 0.25) is 0 Å². The van der Waals surface area contributed by atoms with E-state index >= 15 is 0 Å². The van der Waals surface area contributed by atoms with Gasteiger partial charge in [-0.1, -0.05) is 19.1 Å². The molecule has 0 radical (unpaired) electrons. The third-order valence-corrected chi connectivity index (χ3v) is 3.43. The molecule has 0 unspecified atom stereocenters. The Kier molecular flexibility index (Phi) is 5.80. The molecule has 7 heteroatoms. The second kappa shape index (κ2) is 7.83. The molecule has 0 saturated carbocycles. The first-order valence-corrected chi connectivity index (χ1v) is 7.68. The minimum atomic E-state index is -4.56. The first-order valence-electron chi connectivity index (χ1n) is 7.68. The lowest BCUT2D eigenvalue weighted by molar-refractivity contribution is -0.136. The fourth-order valence-corrected chi connectivity index (χ4v) is 2.15. The highest BCUT2D eigenvalue weighted by molar-refractivity contribution is 6.05. The second-order valence-electron chi connectivity index (χ2n) is 5.33. The zero-order chi connectivity index (χ0) is 18.4. The zero-order valence-corrected chi connectivity index (χ0v) is 13.5. The minimum Gasteiger partial charge on any atom is -0.352 e. The number of anilines is 1. The number of carbonyl (C=O) groups excluding carboxylic acids is 2. The molecule has 25 heavy (non-hydrogen) atoms. The lowest BCUT2D eigenvalue weighted by Gasteiger charge is -2.13. The summed E-state index contributed by atoms with van der Waals surface area (Å²) in [7, 11) is 0. The molecule has 0 atom stereocenters. The van der Waals surface area contributed by atoms with Crippen LogP contribution in [0.25, 0.3) is 0 Å². The third kappa shape index (κ3) is 4.82. The molecule has 0 aliphatic heterocycles. The predicted octanol–water partition coefficient (Wildman–Crippen LogP) is 4.10. The van der Waals surface area contributed by atoms with Gasteiger partial charge in [0.1, 0.15) is 0 Å². The molecule has 132 valence electrons. The number of halogens is 3. The molecule has 0 saturated heterocycles. The van der Waals surface area contributed by atoms with Crippen LogP contribution in [-0.4, -0.2) is 18.4 Å². The van der Waals surface area contributed by atoms with E-state index in [9.17, 15) is 22.8 Å². The van der Waals surface area contributed by atoms with Crippen molar-refractivity contribution in [3.63, 3.8) is 0 Å². The maximum atomic E-state index is 12.9. The molecule has 4 nitrogen and oxygen atoms in total. The Morgan fingerprint density at radius 3 is 2.04 bits per heavy atom. The highest BCUT2D eigenvalue weighted by atomic mass is 19.4. The number of hydrogen-bond acceptors (Lipinski definition) is 2. The van der Waals surface area contributed by atoms with E-state index in [2.05, 4.69) is 10.6 Å². The highest BCUT2D eigenvalue weighted by Crippen LogP contribution is 2.34. The molecule has 0 aliphatic carbocycles. The minimum absolute atomic E-state index is 0.156. The van der Waals surface area contributed by atoms with Gasteiger partial charge in [0.25, 0.3) is 11.8 Å². The monoisotopic (exact) mass is 350 g/mol. The SMILES string of the molecule is CCCNC(=O)c1ccc(C(=O)Nc2ccccc2C(F)(F)F)cc1. The smallest absolute Gasteiger partial charge is 0.352 e. The topological polar surface area (TPSA) is 58.2 Å². The van der Waals surface area contributed by atoms with E-state index in [1.807, 2.05) is 6.92 Å². The van der Waals surface area contributed by atoms with Crippen molar-refractivity contribution < 1.29 is 22.8 Å². The van der Waals surface area contributed by atoms with Gasteiger partial charge in [0.2, 0.25) is 0 Å². The largest absolute Gasteiger partial charge is 0.418 e. The summed E-state index contributed by atoms with van der Waals surface area (Å²) in [5, 5.41) is 4.95. The van der Waals surface area contributed by atoms with Gasteiger partial charge in [0, 0.05) is 17.7 Å². The summed E-state index contributed by atoms with van der Waals surface area (Å²) in [6.45, 7) is 2.46. The van der Waals surface area contributed by atoms with E-state index in [0.717, 1.165) is 12.5 Å². The summed E-state index contributed by atoms with van der Waals surface area (Å²) in [6, 6.07) is 10.4. The van der Waals surface area contributed by atoms with E-state index in [0.29, 0.717) is 12.1 Å². The number of amides is 2. The average Bonchev–Trinajstić information content (AvgIpc) is 2.59. The number of alkyl halides is 3. The number of carbonyl (C=O) groups is 2. The van der Waals surface area contributed by atoms with Gasteiger partial charge in [0.05, 0.1) is 11.3 Å². The summed E-state index contributed by atoms with van der Waals surface area (Å²) in [6.07, 6.45) is -3.77. The lowest BCUT2D eigenvalue weighted by Crippen LogP contribution is -2.24. The van der Waals surface area contributed by atoms with Crippen LogP contribution in [0.5, 0.6) is 0 Å². The van der Waals surface area contributed by atoms with Crippen LogP contribution in [0.3, 0.4) is 0 Å². The van der Waals surface area contributed by atoms with Gasteiger partial charge in [-0.25, -0.2) is 0 Å². The van der Waals surface area contributed by atoms with Crippen LogP contribution in [0.4, 0.5) is 18.9 Å². The van der Waals surface area contributed by atoms with Gasteiger partial charge in [-0.3, -0.25) is 9.59 Å². The maximum Gasteiger partial charge on any atom is 0.418 e. The quantitative estimate of drug-likeness (QED) is 0.853. The number of hydrogen-bond donors (Lipinski definition) is 2. The summed E-state index contributed by atoms with van der Waals surface area (Å²) in [5.74, 6) is -0.951. The first kappa shape index (κ1) is 18.5. The van der Waals surface area contributed by atoms with Crippen LogP contribution in [0.1, 0.15) is 39.6 Å². The molecule has 0 heterocycles. The van der Waals surface area contributed by atoms with Crippen molar-refractivity contribution in [1.82, 2.24) is 5.32 Å². The maximum absolute atomic E-state index is 12.9. The van der Waals surface area contributed by atoms with Gasteiger partial charge in [-0.15, -0.1) is 0 Å². The predicted molar refractivity (Wildman–Crippen MR) is 88.5 cm³/mol. The van der Waals surface area contributed by atoms with E-state index in [4.69, 9.17) is 0 Å². The number of para-hydroxylation sites is 1. The molecular formula is C18H17F3N2O2. The van der Waals surface area contributed by atoms with Gasteiger partial charge in [-0.05, 0) is 42.8 Å². The Balaban J connectivity index is 2.13. The molecule has 2 rings (SSSR count). The van der Waals surface area contributed by atoms with E-state index in [1.165, 1.54) is 42.5 Å². The van der Waals surface area contributed by atoms with Crippen molar-refractivity contribution in [3.8, 4) is 0 Å². The van der Waals surface area contributed by atoms with Crippen LogP contribution < -0.4 is 10.6 Å². The summed E-state index contributed by atoms with van der Waals surface area (Å²) in [4.78, 5) is 24.0. The number of benzene rings is 2. The van der Waals surface area contributed by atoms with Crippen molar-refractivity contribution in [3.05, 3.63) is 65.2 Å². The Labute approximate surface area is 143 Å². The fraction of sp³-hybridized carbons (Fsp3) is 0.222. The van der Waals surface area contributed by atoms with Crippen molar-refractivity contribution in [2.24, 2.45) is 0 Å². The van der Waals surface area contributed by atoms with Crippen LogP contribution in [0.15, 0.2) is 48.5 Å². The van der Waals surface area contributed by atoms with Crippen molar-refractivity contribution in [2.45, 2.75) is 19.5 Å². The van der Waals surface area contributed by atoms with Crippen molar-refractivity contribution in [2.75, 3.05) is 11.9 Å². The standard InChI is InChI=1S/C18H17F3N2O2/c1-2-11-22-16(24)12-7-9-13(10-8-12)17(25)23-15-6-4-3-5-14(15)18(19,20)21/h3-10H,2,11H2,1H3,(H,22,24)(H,23,25). The van der Waals surface area contributed by atoms with Gasteiger partial charge in [0.15, 0.2) is 0 Å². The Morgan fingerprint density at radius 1 is 0.920 bits per heavy atom. The number of rotatable bonds is 5. The van der Waals surface area contributed by atoms with Crippen LogP contribution in [-0.2, 0) is 6.18 Å². The molecule has 2 amide bonds. The summed E-state index contributed by atoms with van der Waals surface area (Å²) < 4.78 is 38.8. The molecule has 2 N–H and O–H groups in total. The highest BCUT2D eigenvalue weighted by Gasteiger charge is 2.33. The molecule has 0 aliphatic rings. The Hall–Kier alpha value is -2.83. The molecule has 0 spiro atoms. The van der Waals surface area contributed by atoms with E-state index < -0.39 is 17.6 Å². The van der Waals surface area contributed by atoms with E-state index in [-0.39, 0.29) is 17.2 Å². The van der Waals surface area contributed by atoms with Gasteiger partial charge in [-0.2, -0.15) is 13.2 Å². The van der Waals surface area contributed by atoms with Crippen LogP contribution >= 0.6 is 0 Å². The summed E-state index contributed by atoms with van der Waals surface area (Å²) in [5.41, 5.74) is -0.701. The molecule has 2 aromatic carbocycles. The molecule has 0 aromatic heterocycles. The van der Waals surface area contributed by atoms with Crippen molar-refractivity contribution >= 4 is 17.5 Å². The third-order valence-electron chi connectivity index (χ3n) is 3.43. The first-order chi connectivity index (χ1) is 11.8. The van der Waals surface area contributed by atoms with Crippen LogP contribution in [0, 0.1) is 0 Å². The fourth-order valence-electron chi connectivity index (χ4n) is 2.15. The molecule has 0 fully saturated rings. The Bertz CT molecular complexity index is 756. The average molecular weight is 350 g/mol. The van der Waals surface area contributed by atoms with E-state index in [1.54, 1.807) is 0 Å². The second-order valence-corrected chi connectivity index (χ2v) is 5.33. The summed E-state index contributed by atoms with van der Waals surface area (Å²) >= 11 is 0.